The minimum absolute atomic E-state index is 0.667. The van der Waals surface area contributed by atoms with E-state index in [1.807, 2.05) is 42.5 Å². The van der Waals surface area contributed by atoms with Crippen LogP contribution < -0.4 is 0 Å². The van der Waals surface area contributed by atoms with Crippen LogP contribution in [0.4, 0.5) is 5.69 Å². The van der Waals surface area contributed by atoms with Crippen LogP contribution in [0.25, 0.3) is 0 Å². The molecule has 0 aromatic heterocycles. The van der Waals surface area contributed by atoms with Gasteiger partial charge in [0.2, 0.25) is 0 Å². The highest BCUT2D eigenvalue weighted by atomic mass is 14.7. The van der Waals surface area contributed by atoms with E-state index in [4.69, 9.17) is 5.41 Å². The molecular formula is C11H12N2. The lowest BCUT2D eigenvalue weighted by Crippen LogP contribution is -1.68. The molecule has 2 nitrogen and oxygen atoms in total. The Bertz CT molecular complexity index is 299. The second-order valence-corrected chi connectivity index (χ2v) is 2.48. The molecule has 0 aliphatic heterocycles. The van der Waals surface area contributed by atoms with Gasteiger partial charge in [-0.3, -0.25) is 4.99 Å². The summed E-state index contributed by atoms with van der Waals surface area (Å²) in [5.41, 5.74) is 0.946. The molecule has 1 N–H and O–H groups in total. The number of aliphatic imine (C=N–C) groups is 1. The van der Waals surface area contributed by atoms with Crippen LogP contribution in [0.15, 0.2) is 47.5 Å². The molecular weight excluding hydrogens is 160 g/mol. The predicted molar refractivity (Wildman–Crippen MR) is 57.1 cm³/mol. The molecule has 0 amide bonds. The summed E-state index contributed by atoms with van der Waals surface area (Å²) in [6.45, 7) is 0. The van der Waals surface area contributed by atoms with Gasteiger partial charge in [-0.1, -0.05) is 24.3 Å². The summed E-state index contributed by atoms with van der Waals surface area (Å²) in [5.74, 6) is 0. The van der Waals surface area contributed by atoms with E-state index in [0.717, 1.165) is 5.69 Å². The van der Waals surface area contributed by atoms with E-state index in [9.17, 15) is 0 Å². The maximum Gasteiger partial charge on any atom is 0.0629 e. The van der Waals surface area contributed by atoms with Crippen LogP contribution in [0.5, 0.6) is 0 Å². The van der Waals surface area contributed by atoms with Crippen molar-refractivity contribution in [2.24, 2.45) is 4.99 Å². The number of hydrogen-bond acceptors (Lipinski definition) is 2. The molecule has 13 heavy (non-hydrogen) atoms. The van der Waals surface area contributed by atoms with Crippen LogP contribution >= 0.6 is 0 Å². The molecule has 0 heterocycles. The first kappa shape index (κ1) is 9.39. The van der Waals surface area contributed by atoms with Crippen LogP contribution in [0.2, 0.25) is 0 Å². The molecule has 0 spiro atoms. The Morgan fingerprint density at radius 1 is 1.23 bits per heavy atom. The molecule has 66 valence electrons. The van der Waals surface area contributed by atoms with Crippen molar-refractivity contribution in [3.8, 4) is 0 Å². The van der Waals surface area contributed by atoms with Gasteiger partial charge in [-0.2, -0.15) is 0 Å². The molecule has 0 saturated heterocycles. The van der Waals surface area contributed by atoms with Crippen molar-refractivity contribution < 1.29 is 0 Å². The van der Waals surface area contributed by atoms with Crippen molar-refractivity contribution in [2.45, 2.75) is 6.42 Å². The average molecular weight is 172 g/mol. The zero-order chi connectivity index (χ0) is 9.36. The van der Waals surface area contributed by atoms with Gasteiger partial charge in [0, 0.05) is 12.6 Å². The van der Waals surface area contributed by atoms with Crippen LogP contribution in [0.1, 0.15) is 6.42 Å². The van der Waals surface area contributed by atoms with Crippen LogP contribution in [0, 0.1) is 5.41 Å². The summed E-state index contributed by atoms with van der Waals surface area (Å²) in [5, 5.41) is 6.78. The van der Waals surface area contributed by atoms with Gasteiger partial charge in [0.05, 0.1) is 5.69 Å². The summed E-state index contributed by atoms with van der Waals surface area (Å²) >= 11 is 0. The zero-order valence-corrected chi connectivity index (χ0v) is 7.35. The van der Waals surface area contributed by atoms with E-state index >= 15 is 0 Å². The molecule has 0 unspecified atom stereocenters. The first-order chi connectivity index (χ1) is 6.43. The Hall–Kier alpha value is -1.70. The summed E-state index contributed by atoms with van der Waals surface area (Å²) in [6.07, 6.45) is 7.49. The lowest BCUT2D eigenvalue weighted by atomic mass is 10.3. The fourth-order valence-corrected chi connectivity index (χ4v) is 0.851. The molecule has 1 rings (SSSR count). The third-order valence-corrected chi connectivity index (χ3v) is 1.46. The number of rotatable bonds is 4. The monoisotopic (exact) mass is 172 g/mol. The maximum absolute atomic E-state index is 6.78. The summed E-state index contributed by atoms with van der Waals surface area (Å²) in [7, 11) is 0. The minimum Gasteiger partial charge on any atom is -0.313 e. The number of benzene rings is 1. The quantitative estimate of drug-likeness (QED) is 0.678. The lowest BCUT2D eigenvalue weighted by Gasteiger charge is -1.87. The third kappa shape index (κ3) is 4.01. The van der Waals surface area contributed by atoms with Crippen molar-refractivity contribution in [2.75, 3.05) is 0 Å². The molecule has 0 atom stereocenters. The summed E-state index contributed by atoms with van der Waals surface area (Å²) in [6, 6.07) is 9.76. The molecule has 0 saturated carbocycles. The minimum atomic E-state index is 0.667. The molecule has 1 aromatic carbocycles. The van der Waals surface area contributed by atoms with E-state index in [-0.39, 0.29) is 0 Å². The van der Waals surface area contributed by atoms with Gasteiger partial charge < -0.3 is 5.41 Å². The van der Waals surface area contributed by atoms with Crippen molar-refractivity contribution in [3.63, 3.8) is 0 Å². The second kappa shape index (κ2) is 5.89. The molecule has 0 aliphatic carbocycles. The molecule has 0 radical (unpaired) electrons. The largest absolute Gasteiger partial charge is 0.313 e. The van der Waals surface area contributed by atoms with Crippen molar-refractivity contribution in [3.05, 3.63) is 42.5 Å². The normalized spacial score (nSPS) is 11.1. The van der Waals surface area contributed by atoms with Crippen LogP contribution in [-0.2, 0) is 0 Å². The number of allylic oxidation sites excluding steroid dienone is 2. The first-order valence-corrected chi connectivity index (χ1v) is 4.16. The standard InChI is InChI=1S/C11H12N2/c12-9-5-2-6-10-13-11-7-3-1-4-8-11/h1-4,6-10,12H,5H2/b6-2+,12-9?,13-10?. The molecule has 0 fully saturated rings. The first-order valence-electron chi connectivity index (χ1n) is 4.16. The molecule has 2 heteroatoms. The van der Waals surface area contributed by atoms with Gasteiger partial charge in [-0.25, -0.2) is 0 Å². The fourth-order valence-electron chi connectivity index (χ4n) is 0.851. The van der Waals surface area contributed by atoms with Gasteiger partial charge in [-0.15, -0.1) is 0 Å². The van der Waals surface area contributed by atoms with Crippen LogP contribution in [0.3, 0.4) is 0 Å². The molecule has 1 aromatic rings. The Morgan fingerprint density at radius 2 is 2.00 bits per heavy atom. The third-order valence-electron chi connectivity index (χ3n) is 1.46. The number of para-hydroxylation sites is 1. The number of hydrogen-bond donors (Lipinski definition) is 1. The topological polar surface area (TPSA) is 36.2 Å². The summed E-state index contributed by atoms with van der Waals surface area (Å²) < 4.78 is 0. The Morgan fingerprint density at radius 3 is 2.69 bits per heavy atom. The average Bonchev–Trinajstić information content (AvgIpc) is 2.19. The van der Waals surface area contributed by atoms with E-state index in [0.29, 0.717) is 6.42 Å². The highest BCUT2D eigenvalue weighted by Crippen LogP contribution is 2.07. The fraction of sp³-hybridized carbons (Fsp3) is 0.0909. The maximum atomic E-state index is 6.78. The molecule has 0 bridgehead atoms. The number of nitrogens with zero attached hydrogens (tertiary/aromatic N) is 1. The van der Waals surface area contributed by atoms with E-state index in [1.165, 1.54) is 6.21 Å². The van der Waals surface area contributed by atoms with Gasteiger partial charge in [-0.05, 0) is 24.4 Å². The van der Waals surface area contributed by atoms with E-state index in [1.54, 1.807) is 6.21 Å². The second-order valence-electron chi connectivity index (χ2n) is 2.48. The Balaban J connectivity index is 2.45. The number of nitrogens with one attached hydrogen (secondary N) is 1. The van der Waals surface area contributed by atoms with Gasteiger partial charge in [0.1, 0.15) is 0 Å². The zero-order valence-electron chi connectivity index (χ0n) is 7.35. The SMILES string of the molecule is N=CC/C=C/C=Nc1ccccc1. The van der Waals surface area contributed by atoms with E-state index < -0.39 is 0 Å². The van der Waals surface area contributed by atoms with E-state index in [2.05, 4.69) is 4.99 Å². The lowest BCUT2D eigenvalue weighted by molar-refractivity contribution is 1.44. The smallest absolute Gasteiger partial charge is 0.0629 e. The predicted octanol–water partition coefficient (Wildman–Crippen LogP) is 2.98. The Labute approximate surface area is 78.1 Å². The summed E-state index contributed by atoms with van der Waals surface area (Å²) in [4.78, 5) is 4.19. The van der Waals surface area contributed by atoms with Crippen molar-refractivity contribution in [1.82, 2.24) is 0 Å². The highest BCUT2D eigenvalue weighted by molar-refractivity contribution is 5.75. The Kier molecular flexibility index (Phi) is 4.25. The van der Waals surface area contributed by atoms with Crippen molar-refractivity contribution in [1.29, 1.82) is 5.41 Å². The van der Waals surface area contributed by atoms with Crippen LogP contribution in [-0.4, -0.2) is 12.4 Å². The highest BCUT2D eigenvalue weighted by Gasteiger charge is 1.80. The molecule has 0 aliphatic rings. The van der Waals surface area contributed by atoms with Gasteiger partial charge in [0.25, 0.3) is 0 Å². The van der Waals surface area contributed by atoms with Gasteiger partial charge in [0.15, 0.2) is 0 Å². The van der Waals surface area contributed by atoms with Crippen molar-refractivity contribution >= 4 is 18.1 Å². The van der Waals surface area contributed by atoms with Gasteiger partial charge >= 0.3 is 0 Å².